The molecule has 17 heavy (non-hydrogen) atoms. The second kappa shape index (κ2) is 7.39. The Balaban J connectivity index is 3.02. The fourth-order valence-corrected chi connectivity index (χ4v) is 2.94. The molecule has 0 amide bonds. The van der Waals surface area contributed by atoms with Gasteiger partial charge in [-0.1, -0.05) is 13.3 Å². The summed E-state index contributed by atoms with van der Waals surface area (Å²) in [5.41, 5.74) is 7.72. The maximum absolute atomic E-state index is 5.64. The molecule has 0 aliphatic carbocycles. The van der Waals surface area contributed by atoms with Crippen LogP contribution >= 0.6 is 43.5 Å². The summed E-state index contributed by atoms with van der Waals surface area (Å²) in [6, 6.07) is 4.17. The molecule has 0 saturated heterocycles. The maximum Gasteiger partial charge on any atom is 0.115 e. The van der Waals surface area contributed by atoms with Crippen LogP contribution in [0.1, 0.15) is 25.3 Å². The lowest BCUT2D eigenvalue weighted by molar-refractivity contribution is 0.794. The number of unbranched alkanes of at least 4 members (excludes halogenated alkanes) is 1. The Morgan fingerprint density at radius 2 is 1.94 bits per heavy atom. The molecule has 2 nitrogen and oxygen atoms in total. The fourth-order valence-electron chi connectivity index (χ4n) is 1.42. The normalized spacial score (nSPS) is 11.9. The van der Waals surface area contributed by atoms with Gasteiger partial charge >= 0.3 is 0 Å². The molecule has 0 saturated carbocycles. The number of nitrogens with zero attached hydrogens (tertiary/aromatic N) is 1. The van der Waals surface area contributed by atoms with Crippen LogP contribution in [-0.2, 0) is 6.42 Å². The summed E-state index contributed by atoms with van der Waals surface area (Å²) in [6.07, 6.45) is 3.45. The van der Waals surface area contributed by atoms with Gasteiger partial charge in [-0.25, -0.2) is 4.99 Å². The third-order valence-corrected chi connectivity index (χ3v) is 3.77. The summed E-state index contributed by atoms with van der Waals surface area (Å²) in [5, 5.41) is 0. The van der Waals surface area contributed by atoms with Crippen molar-refractivity contribution in [2.24, 2.45) is 10.7 Å². The van der Waals surface area contributed by atoms with Gasteiger partial charge in [0.15, 0.2) is 0 Å². The van der Waals surface area contributed by atoms with Crippen molar-refractivity contribution in [3.63, 3.8) is 0 Å². The van der Waals surface area contributed by atoms with Crippen LogP contribution < -0.4 is 5.73 Å². The topological polar surface area (TPSA) is 38.4 Å². The van der Waals surface area contributed by atoms with Crippen molar-refractivity contribution in [3.8, 4) is 0 Å². The van der Waals surface area contributed by atoms with Gasteiger partial charge in [-0.2, -0.15) is 0 Å². The molecule has 0 aromatic heterocycles. The number of alkyl halides is 1. The van der Waals surface area contributed by atoms with Crippen LogP contribution in [0.15, 0.2) is 26.1 Å². The van der Waals surface area contributed by atoms with Gasteiger partial charge in [-0.15, -0.1) is 11.6 Å². The first-order chi connectivity index (χ1) is 8.08. The van der Waals surface area contributed by atoms with E-state index in [2.05, 4.69) is 55.9 Å². The van der Waals surface area contributed by atoms with Crippen molar-refractivity contribution in [2.45, 2.75) is 26.2 Å². The van der Waals surface area contributed by atoms with Crippen molar-refractivity contribution in [3.05, 3.63) is 26.6 Å². The van der Waals surface area contributed by atoms with Crippen LogP contribution in [-0.4, -0.2) is 11.7 Å². The highest BCUT2D eigenvalue weighted by Crippen LogP contribution is 2.35. The SMILES string of the molecule is CCCCc1cc(Br)c(N=C(N)CCl)c(Br)c1. The van der Waals surface area contributed by atoms with Crippen molar-refractivity contribution in [2.75, 3.05) is 5.88 Å². The van der Waals surface area contributed by atoms with E-state index >= 15 is 0 Å². The Bertz CT molecular complexity index is 396. The van der Waals surface area contributed by atoms with E-state index in [0.717, 1.165) is 21.1 Å². The molecule has 94 valence electrons. The standard InChI is InChI=1S/C12H15Br2ClN2/c1-2-3-4-8-5-9(13)12(10(14)6-8)17-11(16)7-15/h5-6H,2-4,7H2,1H3,(H2,16,17). The number of nitrogens with two attached hydrogens (primary N) is 1. The predicted octanol–water partition coefficient (Wildman–Crippen LogP) is 4.78. The first kappa shape index (κ1) is 15.0. The van der Waals surface area contributed by atoms with Crippen LogP contribution in [0, 0.1) is 0 Å². The Morgan fingerprint density at radius 1 is 1.35 bits per heavy atom. The van der Waals surface area contributed by atoms with E-state index in [1.165, 1.54) is 18.4 Å². The van der Waals surface area contributed by atoms with Crippen LogP contribution in [0.5, 0.6) is 0 Å². The van der Waals surface area contributed by atoms with E-state index in [-0.39, 0.29) is 5.88 Å². The largest absolute Gasteiger partial charge is 0.386 e. The molecule has 0 heterocycles. The molecule has 0 spiro atoms. The molecule has 5 heteroatoms. The highest BCUT2D eigenvalue weighted by atomic mass is 79.9. The first-order valence-corrected chi connectivity index (χ1v) is 7.57. The number of halogens is 3. The molecule has 1 rings (SSSR count). The minimum Gasteiger partial charge on any atom is -0.386 e. The maximum atomic E-state index is 5.64. The highest BCUT2D eigenvalue weighted by molar-refractivity contribution is 9.11. The highest BCUT2D eigenvalue weighted by Gasteiger charge is 2.07. The van der Waals surface area contributed by atoms with Gasteiger partial charge in [-0.05, 0) is 62.4 Å². The monoisotopic (exact) mass is 380 g/mol. The number of rotatable bonds is 5. The molecule has 0 aliphatic rings. The molecule has 1 aromatic rings. The van der Waals surface area contributed by atoms with E-state index < -0.39 is 0 Å². The number of hydrogen-bond donors (Lipinski definition) is 1. The Morgan fingerprint density at radius 3 is 2.41 bits per heavy atom. The molecule has 0 radical (unpaired) electrons. The smallest absolute Gasteiger partial charge is 0.115 e. The fraction of sp³-hybridized carbons (Fsp3) is 0.417. The Labute approximate surface area is 124 Å². The molecule has 0 bridgehead atoms. The van der Waals surface area contributed by atoms with E-state index in [0.29, 0.717) is 5.84 Å². The molecular formula is C12H15Br2ClN2. The van der Waals surface area contributed by atoms with Crippen LogP contribution in [0.2, 0.25) is 0 Å². The lowest BCUT2D eigenvalue weighted by Gasteiger charge is -2.07. The number of amidine groups is 1. The third kappa shape index (κ3) is 4.60. The quantitative estimate of drug-likeness (QED) is 0.444. The average Bonchev–Trinajstić information content (AvgIpc) is 2.30. The number of hydrogen-bond acceptors (Lipinski definition) is 1. The van der Waals surface area contributed by atoms with Gasteiger partial charge in [0.05, 0.1) is 11.6 Å². The van der Waals surface area contributed by atoms with E-state index in [1.54, 1.807) is 0 Å². The minimum absolute atomic E-state index is 0.233. The zero-order valence-electron chi connectivity index (χ0n) is 9.64. The van der Waals surface area contributed by atoms with Gasteiger partial charge in [0.1, 0.15) is 5.84 Å². The van der Waals surface area contributed by atoms with Gasteiger partial charge < -0.3 is 5.73 Å². The second-order valence-corrected chi connectivity index (χ2v) is 5.72. The van der Waals surface area contributed by atoms with Gasteiger partial charge in [0.2, 0.25) is 0 Å². The lowest BCUT2D eigenvalue weighted by Crippen LogP contribution is -2.12. The minimum atomic E-state index is 0.233. The summed E-state index contributed by atoms with van der Waals surface area (Å²) in [4.78, 5) is 4.27. The predicted molar refractivity (Wildman–Crippen MR) is 82.5 cm³/mol. The molecule has 2 N–H and O–H groups in total. The molecule has 0 atom stereocenters. The lowest BCUT2D eigenvalue weighted by atomic mass is 10.1. The number of aryl methyl sites for hydroxylation is 1. The second-order valence-electron chi connectivity index (χ2n) is 3.75. The van der Waals surface area contributed by atoms with Gasteiger partial charge in [0.25, 0.3) is 0 Å². The molecule has 1 aromatic carbocycles. The van der Waals surface area contributed by atoms with E-state index in [1.807, 2.05) is 0 Å². The van der Waals surface area contributed by atoms with Crippen LogP contribution in [0.25, 0.3) is 0 Å². The van der Waals surface area contributed by atoms with Crippen LogP contribution in [0.4, 0.5) is 5.69 Å². The molecule has 0 aliphatic heterocycles. The molecular weight excluding hydrogens is 367 g/mol. The van der Waals surface area contributed by atoms with Crippen molar-refractivity contribution in [1.82, 2.24) is 0 Å². The third-order valence-electron chi connectivity index (χ3n) is 2.29. The Kier molecular flexibility index (Phi) is 6.52. The van der Waals surface area contributed by atoms with Crippen LogP contribution in [0.3, 0.4) is 0 Å². The molecule has 0 fully saturated rings. The van der Waals surface area contributed by atoms with E-state index in [4.69, 9.17) is 17.3 Å². The summed E-state index contributed by atoms with van der Waals surface area (Å²) >= 11 is 12.6. The van der Waals surface area contributed by atoms with E-state index in [9.17, 15) is 0 Å². The average molecular weight is 383 g/mol. The number of benzene rings is 1. The zero-order chi connectivity index (χ0) is 12.8. The van der Waals surface area contributed by atoms with Crippen molar-refractivity contribution >= 4 is 55.0 Å². The number of aliphatic imine (C=N–C) groups is 1. The summed E-state index contributed by atoms with van der Waals surface area (Å²) < 4.78 is 1.87. The molecule has 0 unspecified atom stereocenters. The summed E-state index contributed by atoms with van der Waals surface area (Å²) in [7, 11) is 0. The Hall–Kier alpha value is -0.0600. The first-order valence-electron chi connectivity index (χ1n) is 5.45. The zero-order valence-corrected chi connectivity index (χ0v) is 13.6. The van der Waals surface area contributed by atoms with Crippen molar-refractivity contribution in [1.29, 1.82) is 0 Å². The van der Waals surface area contributed by atoms with Crippen molar-refractivity contribution < 1.29 is 0 Å². The summed E-state index contributed by atoms with van der Waals surface area (Å²) in [5.74, 6) is 0.644. The van der Waals surface area contributed by atoms with Gasteiger partial charge in [-0.3, -0.25) is 0 Å². The van der Waals surface area contributed by atoms with Gasteiger partial charge in [0, 0.05) is 8.95 Å². The summed E-state index contributed by atoms with van der Waals surface area (Å²) in [6.45, 7) is 2.18.